The zero-order valence-corrected chi connectivity index (χ0v) is 53.8. The van der Waals surface area contributed by atoms with Crippen LogP contribution in [0.5, 0.6) is 0 Å². The first-order valence-electron chi connectivity index (χ1n) is 31.6. The number of rotatable bonds is 36. The van der Waals surface area contributed by atoms with Crippen LogP contribution in [0.4, 0.5) is 0 Å². The number of aliphatic hydroxyl groups is 3. The van der Waals surface area contributed by atoms with Gasteiger partial charge in [-0.3, -0.25) is 57.5 Å². The number of carboxylic acids is 1. The highest BCUT2D eigenvalue weighted by atomic mass is 16.4. The fourth-order valence-electron chi connectivity index (χ4n) is 11.3. The number of carboxylic acid groups (broad SMARTS) is 1. The number of carbonyl (C=O) groups excluding carboxylic acids is 12. The summed E-state index contributed by atoms with van der Waals surface area (Å²) in [5.74, 6) is -12.9. The van der Waals surface area contributed by atoms with Crippen molar-refractivity contribution in [3.8, 4) is 0 Å². The van der Waals surface area contributed by atoms with Crippen LogP contribution in [0.25, 0.3) is 0 Å². The van der Waals surface area contributed by atoms with Crippen LogP contribution in [0.1, 0.15) is 138 Å². The summed E-state index contributed by atoms with van der Waals surface area (Å²) >= 11 is 0. The molecule has 516 valence electrons. The summed E-state index contributed by atoms with van der Waals surface area (Å²) < 4.78 is 0. The number of primary amides is 1. The third-order valence-corrected chi connectivity index (χ3v) is 16.3. The van der Waals surface area contributed by atoms with Crippen molar-refractivity contribution < 1.29 is 82.8 Å². The van der Waals surface area contributed by atoms with E-state index in [0.29, 0.717) is 37.8 Å². The van der Waals surface area contributed by atoms with E-state index in [2.05, 4.69) is 52.5 Å². The third kappa shape index (κ3) is 22.2. The molecule has 33 nitrogen and oxygen atoms in total. The smallest absolute Gasteiger partial charge is 0.326 e. The molecule has 4 rings (SSSR count). The summed E-state index contributed by atoms with van der Waals surface area (Å²) in [7, 11) is 0. The van der Waals surface area contributed by atoms with E-state index in [1.165, 1.54) is 50.0 Å². The quantitative estimate of drug-likeness (QED) is 0.0279. The number of likely N-dealkylation sites (tertiary alicyclic amines) is 3. The average Bonchev–Trinajstić information content (AvgIpc) is 1.61. The Morgan fingerprint density at radius 3 is 1.52 bits per heavy atom. The Hall–Kier alpha value is -7.88. The van der Waals surface area contributed by atoms with Crippen LogP contribution in [0.15, 0.2) is 12.5 Å². The predicted octanol–water partition coefficient (Wildman–Crippen LogP) is -5.28. The number of hydrogen-bond donors (Lipinski definition) is 16. The number of aliphatic carboxylic acids is 1. The number of aliphatic hydroxyl groups excluding tert-OH is 3. The number of unbranched alkanes of at least 4 members (excludes halogenated alkanes) is 1. The van der Waals surface area contributed by atoms with Crippen LogP contribution in [-0.2, 0) is 68.7 Å². The lowest BCUT2D eigenvalue weighted by molar-refractivity contribution is -0.149. The van der Waals surface area contributed by atoms with Gasteiger partial charge in [-0.05, 0) is 109 Å². The molecule has 3 saturated heterocycles. The molecule has 92 heavy (non-hydrogen) atoms. The molecule has 1 aromatic heterocycles. The van der Waals surface area contributed by atoms with Gasteiger partial charge in [0.05, 0.1) is 31.6 Å². The molecular formula is C59H98N16O17. The Morgan fingerprint density at radius 2 is 1.02 bits per heavy atom. The molecule has 0 radical (unpaired) electrons. The second-order valence-electron chi connectivity index (χ2n) is 25.2. The van der Waals surface area contributed by atoms with Gasteiger partial charge in [0.15, 0.2) is 0 Å². The van der Waals surface area contributed by atoms with Crippen molar-refractivity contribution >= 4 is 76.9 Å². The van der Waals surface area contributed by atoms with Gasteiger partial charge in [0.2, 0.25) is 70.9 Å². The lowest BCUT2D eigenvalue weighted by Crippen LogP contribution is -2.62. The maximum atomic E-state index is 14.6. The first-order valence-corrected chi connectivity index (χ1v) is 31.6. The Morgan fingerprint density at radius 1 is 0.565 bits per heavy atom. The van der Waals surface area contributed by atoms with Crippen molar-refractivity contribution in [2.75, 3.05) is 32.8 Å². The van der Waals surface area contributed by atoms with Gasteiger partial charge < -0.3 is 99.8 Å². The van der Waals surface area contributed by atoms with E-state index in [9.17, 15) is 82.8 Å². The molecule has 12 amide bonds. The predicted molar refractivity (Wildman–Crippen MR) is 328 cm³/mol. The molecule has 14 atom stereocenters. The van der Waals surface area contributed by atoms with Gasteiger partial charge >= 0.3 is 5.97 Å². The first-order chi connectivity index (χ1) is 43.3. The van der Waals surface area contributed by atoms with Gasteiger partial charge in [-0.2, -0.15) is 0 Å². The summed E-state index contributed by atoms with van der Waals surface area (Å²) in [6, 6.07) is -16.7. The van der Waals surface area contributed by atoms with Gasteiger partial charge in [0, 0.05) is 37.9 Å². The number of nitrogens with one attached hydrogen (secondary N) is 9. The van der Waals surface area contributed by atoms with E-state index in [-0.39, 0.29) is 83.0 Å². The third-order valence-electron chi connectivity index (χ3n) is 16.3. The lowest BCUT2D eigenvalue weighted by atomic mass is 10.00. The molecular weight excluding hydrogens is 1200 g/mol. The number of hydrogen-bond acceptors (Lipinski definition) is 19. The Labute approximate surface area is 534 Å². The molecule has 0 aromatic carbocycles. The summed E-state index contributed by atoms with van der Waals surface area (Å²) in [5, 5.41) is 61.5. The zero-order valence-electron chi connectivity index (χ0n) is 53.8. The second-order valence-corrected chi connectivity index (χ2v) is 25.2. The molecule has 33 heteroatoms. The van der Waals surface area contributed by atoms with Gasteiger partial charge in [0.25, 0.3) is 0 Å². The average molecular weight is 1300 g/mol. The van der Waals surface area contributed by atoms with E-state index < -0.39 is 181 Å². The van der Waals surface area contributed by atoms with Crippen molar-refractivity contribution in [3.63, 3.8) is 0 Å². The summed E-state index contributed by atoms with van der Waals surface area (Å²) in [4.78, 5) is 188. The minimum Gasteiger partial charge on any atom is -0.480 e. The molecule has 3 aliphatic rings. The standard InChI is InChI=1S/C59H98N16O17/c1-29(2)22-36(66-52(84)42-16-12-20-74(42)58(90)45(62)32(7)77)50(82)72-47(33(8)78)55(87)65-35(14-9-10-18-60)48(80)68-38(23-30(3)4)56(88)73-19-11-15-41(73)53(85)70-40(27-76)51(83)71-46(31(5)6)54(86)67-37(25-44(61)79)49(81)69-39(24-34-26-63-28-64-34)57(89)75-21-13-17-43(75)59(91)92/h26,28-33,35-43,45-47,76-78H,9-25,27,60,62H2,1-8H3,(H2,61,79)(H,63,64)(H,65,87)(H,66,84)(H,67,86)(H,68,80)(H,69,81)(H,70,85)(H,71,83)(H,72,82)(H,91,92)/t32-,33-,35+,36+,37+,38+,39+,40+,41+,42+,43+,45+,46+,47+/m1/s1. The van der Waals surface area contributed by atoms with Crippen LogP contribution in [-0.4, -0.2) is 239 Å². The topological polar surface area (TPSA) is 516 Å². The molecule has 1 aromatic rings. The number of nitrogens with two attached hydrogens (primary N) is 3. The number of imidazole rings is 1. The minimum atomic E-state index is -1.73. The molecule has 19 N–H and O–H groups in total. The summed E-state index contributed by atoms with van der Waals surface area (Å²) in [5.41, 5.74) is 17.6. The monoisotopic (exact) mass is 1300 g/mol. The van der Waals surface area contributed by atoms with Gasteiger partial charge in [0.1, 0.15) is 72.5 Å². The number of carbonyl (C=O) groups is 13. The highest BCUT2D eigenvalue weighted by Gasteiger charge is 2.44. The molecule has 3 fully saturated rings. The zero-order chi connectivity index (χ0) is 68.8. The van der Waals surface area contributed by atoms with Gasteiger partial charge in [-0.15, -0.1) is 0 Å². The lowest BCUT2D eigenvalue weighted by Gasteiger charge is -2.32. The van der Waals surface area contributed by atoms with Gasteiger partial charge in [-0.1, -0.05) is 41.5 Å². The number of H-pyrrole nitrogens is 1. The Bertz CT molecular complexity index is 2730. The van der Waals surface area contributed by atoms with Crippen LogP contribution in [0, 0.1) is 17.8 Å². The first kappa shape index (κ1) is 76.6. The SMILES string of the molecule is CC(C)C[C@H](NC(=O)[C@@H]1CCCN1C(=O)[C@@H](N)[C@@H](C)O)C(=O)N[C@H](C(=O)N[C@@H](CCCCN)C(=O)N[C@@H](CC(C)C)C(=O)N1CCC[C@H]1C(=O)N[C@@H](CO)C(=O)N[C@H](C(=O)N[C@@H](CC(N)=O)C(=O)N[C@@H](Cc1cnc[nH]1)C(=O)N1CCC[C@H]1C(=O)O)C(C)C)[C@@H](C)O. The number of nitrogens with zero attached hydrogens (tertiary/aromatic N) is 4. The Balaban J connectivity index is 1.47. The highest BCUT2D eigenvalue weighted by Crippen LogP contribution is 2.24. The van der Waals surface area contributed by atoms with E-state index >= 15 is 0 Å². The fourth-order valence-corrected chi connectivity index (χ4v) is 11.3. The largest absolute Gasteiger partial charge is 0.480 e. The highest BCUT2D eigenvalue weighted by molar-refractivity contribution is 6.00. The van der Waals surface area contributed by atoms with Crippen LogP contribution in [0.2, 0.25) is 0 Å². The second kappa shape index (κ2) is 36.4. The van der Waals surface area contributed by atoms with Crippen molar-refractivity contribution in [3.05, 3.63) is 18.2 Å². The number of amides is 12. The van der Waals surface area contributed by atoms with Crippen LogP contribution >= 0.6 is 0 Å². The van der Waals surface area contributed by atoms with E-state index in [1.807, 2.05) is 0 Å². The molecule has 0 unspecified atom stereocenters. The number of aromatic amines is 1. The Kier molecular flexibility index (Phi) is 30.3. The van der Waals surface area contributed by atoms with E-state index in [1.54, 1.807) is 27.7 Å². The van der Waals surface area contributed by atoms with Crippen molar-refractivity contribution in [2.24, 2.45) is 35.0 Å². The molecule has 3 aliphatic heterocycles. The maximum Gasteiger partial charge on any atom is 0.326 e. The minimum absolute atomic E-state index is 0.0189. The molecule has 4 heterocycles. The fraction of sp³-hybridized carbons (Fsp3) is 0.729. The number of aromatic nitrogens is 2. The van der Waals surface area contributed by atoms with E-state index in [0.717, 1.165) is 4.90 Å². The normalized spacial score (nSPS) is 20.1. The van der Waals surface area contributed by atoms with Crippen LogP contribution in [0.3, 0.4) is 0 Å². The maximum absolute atomic E-state index is 14.6. The van der Waals surface area contributed by atoms with Crippen molar-refractivity contribution in [2.45, 2.75) is 224 Å². The van der Waals surface area contributed by atoms with Crippen molar-refractivity contribution in [1.29, 1.82) is 0 Å². The summed E-state index contributed by atoms with van der Waals surface area (Å²) in [6.45, 7) is 12.3. The summed E-state index contributed by atoms with van der Waals surface area (Å²) in [6.07, 6.45) is 1.41. The van der Waals surface area contributed by atoms with E-state index in [4.69, 9.17) is 17.2 Å². The molecule has 0 aliphatic carbocycles. The molecule has 0 bridgehead atoms. The molecule has 0 saturated carbocycles. The molecule has 0 spiro atoms. The van der Waals surface area contributed by atoms with Gasteiger partial charge in [-0.25, -0.2) is 9.78 Å². The van der Waals surface area contributed by atoms with Crippen molar-refractivity contribution in [1.82, 2.24) is 67.2 Å². The van der Waals surface area contributed by atoms with Crippen LogP contribution < -0.4 is 59.7 Å².